The monoisotopic (exact) mass is 545 g/mol. The van der Waals surface area contributed by atoms with Crippen molar-refractivity contribution in [3.63, 3.8) is 0 Å². The van der Waals surface area contributed by atoms with Gasteiger partial charge in [-0.25, -0.2) is 22.9 Å². The Bertz CT molecular complexity index is 1430. The van der Waals surface area contributed by atoms with Gasteiger partial charge in [-0.3, -0.25) is 9.69 Å². The number of aromatic nitrogens is 2. The summed E-state index contributed by atoms with van der Waals surface area (Å²) in [5, 5.41) is 21.2. The summed E-state index contributed by atoms with van der Waals surface area (Å²) in [6.07, 6.45) is -1.99. The number of anilines is 1. The zero-order valence-corrected chi connectivity index (χ0v) is 21.6. The number of rotatable bonds is 5. The van der Waals surface area contributed by atoms with Gasteiger partial charge in [-0.1, -0.05) is 12.5 Å². The third kappa shape index (κ3) is 4.73. The maximum absolute atomic E-state index is 14.2. The van der Waals surface area contributed by atoms with Crippen molar-refractivity contribution < 1.29 is 37.7 Å². The van der Waals surface area contributed by atoms with Crippen molar-refractivity contribution >= 4 is 28.8 Å². The van der Waals surface area contributed by atoms with Crippen LogP contribution in [0, 0.1) is 11.7 Å². The van der Waals surface area contributed by atoms with Gasteiger partial charge in [-0.2, -0.15) is 0 Å². The lowest BCUT2D eigenvalue weighted by atomic mass is 9.85. The maximum Gasteiger partial charge on any atom is 0.414 e. The molecule has 1 saturated carbocycles. The first kappa shape index (κ1) is 27.0. The number of nitrogens with zero attached hydrogens (tertiary/aromatic N) is 3. The highest BCUT2D eigenvalue weighted by Gasteiger charge is 2.36. The number of fused-ring (bicyclic) bond motifs is 3. The van der Waals surface area contributed by atoms with Gasteiger partial charge in [-0.05, 0) is 68.9 Å². The highest BCUT2D eigenvalue weighted by Crippen LogP contribution is 2.43. The van der Waals surface area contributed by atoms with Gasteiger partial charge in [0.2, 0.25) is 0 Å². The minimum absolute atomic E-state index is 0.0326. The number of amides is 1. The largest absolute Gasteiger partial charge is 0.481 e. The van der Waals surface area contributed by atoms with Crippen molar-refractivity contribution in [3.8, 4) is 0 Å². The number of ether oxygens (including phenoxy) is 1. The molecule has 8 nitrogen and oxygen atoms in total. The normalized spacial score (nSPS) is 22.1. The number of carbonyl (C=O) groups excluding carboxylic acids is 1. The first-order chi connectivity index (χ1) is 18.6. The van der Waals surface area contributed by atoms with Crippen LogP contribution in [0.25, 0.3) is 11.0 Å². The third-order valence-corrected chi connectivity index (χ3v) is 8.04. The van der Waals surface area contributed by atoms with Crippen LogP contribution in [0.5, 0.6) is 0 Å². The van der Waals surface area contributed by atoms with Crippen LogP contribution in [0.2, 0.25) is 0 Å². The molecule has 1 aliphatic heterocycles. The number of halogens is 3. The van der Waals surface area contributed by atoms with Crippen molar-refractivity contribution in [2.24, 2.45) is 5.92 Å². The summed E-state index contributed by atoms with van der Waals surface area (Å²) in [6, 6.07) is 5.74. The number of carboxylic acid groups (broad SMARTS) is 1. The van der Waals surface area contributed by atoms with Gasteiger partial charge in [-0.15, -0.1) is 0 Å². The number of aryl methyl sites for hydroxylation is 1. The zero-order chi connectivity index (χ0) is 28.0. The van der Waals surface area contributed by atoms with Gasteiger partial charge in [0, 0.05) is 23.2 Å². The molecule has 3 unspecified atom stereocenters. The molecule has 1 amide bonds. The second-order valence-corrected chi connectivity index (χ2v) is 10.3. The Morgan fingerprint density at radius 2 is 1.90 bits per heavy atom. The van der Waals surface area contributed by atoms with E-state index in [1.54, 1.807) is 16.7 Å². The predicted octanol–water partition coefficient (Wildman–Crippen LogP) is 5.92. The number of alkyl halides is 2. The Kier molecular flexibility index (Phi) is 7.28. The molecule has 2 aliphatic rings. The van der Waals surface area contributed by atoms with E-state index in [9.17, 15) is 33.0 Å². The highest BCUT2D eigenvalue weighted by molar-refractivity contribution is 5.95. The smallest absolute Gasteiger partial charge is 0.414 e. The van der Waals surface area contributed by atoms with Gasteiger partial charge >= 0.3 is 12.1 Å². The maximum atomic E-state index is 14.2. The molecular formula is C28H30F3N3O5. The summed E-state index contributed by atoms with van der Waals surface area (Å²) in [4.78, 5) is 30.7. The lowest BCUT2D eigenvalue weighted by Gasteiger charge is -2.34. The number of aliphatic hydroxyl groups excluding tert-OH is 1. The Labute approximate surface area is 223 Å². The molecule has 0 bridgehead atoms. The second-order valence-electron chi connectivity index (χ2n) is 10.3. The molecule has 1 fully saturated rings. The van der Waals surface area contributed by atoms with Gasteiger partial charge < -0.3 is 19.5 Å². The Morgan fingerprint density at radius 1 is 1.13 bits per heavy atom. The summed E-state index contributed by atoms with van der Waals surface area (Å²) >= 11 is 0. The van der Waals surface area contributed by atoms with Crippen LogP contribution >= 0.6 is 0 Å². The van der Waals surface area contributed by atoms with Gasteiger partial charge in [0.05, 0.1) is 29.7 Å². The molecule has 5 rings (SSSR count). The Morgan fingerprint density at radius 3 is 2.59 bits per heavy atom. The molecule has 1 aliphatic carbocycles. The molecule has 0 spiro atoms. The number of methoxy groups -OCH3 is 1. The molecule has 3 aromatic rings. The molecule has 1 aromatic heterocycles. The second kappa shape index (κ2) is 10.5. The molecule has 2 N–H and O–H groups in total. The summed E-state index contributed by atoms with van der Waals surface area (Å²) < 4.78 is 48.7. The topological polar surface area (TPSA) is 105 Å². The molecule has 4 atom stereocenters. The quantitative estimate of drug-likeness (QED) is 0.413. The Hall–Kier alpha value is -3.60. The fourth-order valence-corrected chi connectivity index (χ4v) is 6.11. The first-order valence-corrected chi connectivity index (χ1v) is 13.0. The van der Waals surface area contributed by atoms with Crippen LogP contribution in [-0.4, -0.2) is 45.0 Å². The fourth-order valence-electron chi connectivity index (χ4n) is 6.11. The number of carbonyl (C=O) groups is 2. The standard InChI is InChI=1S/C28H30F3N3O5/c1-14-6-8-19-21(33(14)28(38)39-2)10-11-22-23(19)32-26(34(22)17-5-3-4-15(12-17)27(36)37)24(35)20-13-16(29)7-9-18(20)25(30)31/h7,9-11,13-15,17,24-25,35H,3-6,8,12H2,1-2H3,(H,36,37)/t14-,15?,17?,24?/m0/s1. The van der Waals surface area contributed by atoms with Crippen LogP contribution in [0.15, 0.2) is 30.3 Å². The van der Waals surface area contributed by atoms with Crippen molar-refractivity contribution in [2.45, 2.75) is 70.1 Å². The fraction of sp³-hybridized carbons (Fsp3) is 0.464. The summed E-state index contributed by atoms with van der Waals surface area (Å²) in [6.45, 7) is 1.90. The van der Waals surface area contributed by atoms with Crippen molar-refractivity contribution in [2.75, 3.05) is 12.0 Å². The van der Waals surface area contributed by atoms with Crippen LogP contribution in [0.3, 0.4) is 0 Å². The van der Waals surface area contributed by atoms with E-state index in [1.165, 1.54) is 12.0 Å². The lowest BCUT2D eigenvalue weighted by molar-refractivity contribution is -0.143. The molecular weight excluding hydrogens is 515 g/mol. The Balaban J connectivity index is 1.73. The summed E-state index contributed by atoms with van der Waals surface area (Å²) in [5.41, 5.74) is 1.60. The molecule has 0 radical (unpaired) electrons. The van der Waals surface area contributed by atoms with E-state index in [1.807, 2.05) is 6.92 Å². The van der Waals surface area contributed by atoms with Crippen molar-refractivity contribution in [1.29, 1.82) is 0 Å². The van der Waals surface area contributed by atoms with E-state index in [0.717, 1.165) is 23.8 Å². The molecule has 39 heavy (non-hydrogen) atoms. The number of imidazole rings is 1. The molecule has 208 valence electrons. The molecule has 0 saturated heterocycles. The summed E-state index contributed by atoms with van der Waals surface area (Å²) in [7, 11) is 1.30. The minimum Gasteiger partial charge on any atom is -0.481 e. The van der Waals surface area contributed by atoms with E-state index >= 15 is 0 Å². The minimum atomic E-state index is -2.96. The zero-order valence-electron chi connectivity index (χ0n) is 21.6. The van der Waals surface area contributed by atoms with Crippen LogP contribution in [-0.2, 0) is 16.0 Å². The third-order valence-electron chi connectivity index (χ3n) is 8.04. The highest BCUT2D eigenvalue weighted by atomic mass is 19.3. The SMILES string of the molecule is COC(=O)N1c2ccc3c(nc(C(O)c4cc(F)ccc4C(F)F)n3C3CCCC(C(=O)O)C3)c2CC[C@@H]1C. The van der Waals surface area contributed by atoms with Crippen molar-refractivity contribution in [1.82, 2.24) is 9.55 Å². The number of hydrogen-bond donors (Lipinski definition) is 2. The van der Waals surface area contributed by atoms with Crippen LogP contribution in [0.1, 0.15) is 80.1 Å². The number of benzene rings is 2. The van der Waals surface area contributed by atoms with E-state index in [0.29, 0.717) is 48.8 Å². The van der Waals surface area contributed by atoms with Crippen molar-refractivity contribution in [3.05, 3.63) is 58.7 Å². The van der Waals surface area contributed by atoms with Crippen LogP contribution < -0.4 is 4.90 Å². The van der Waals surface area contributed by atoms with E-state index in [2.05, 4.69) is 0 Å². The molecule has 2 aromatic carbocycles. The molecule has 2 heterocycles. The van der Waals surface area contributed by atoms with E-state index in [4.69, 9.17) is 9.72 Å². The van der Waals surface area contributed by atoms with Gasteiger partial charge in [0.25, 0.3) is 6.43 Å². The van der Waals surface area contributed by atoms with Gasteiger partial charge in [0.15, 0.2) is 0 Å². The predicted molar refractivity (Wildman–Crippen MR) is 136 cm³/mol. The molecule has 11 heteroatoms. The van der Waals surface area contributed by atoms with Crippen LogP contribution in [0.4, 0.5) is 23.7 Å². The number of hydrogen-bond acceptors (Lipinski definition) is 5. The lowest BCUT2D eigenvalue weighted by Crippen LogP contribution is -2.42. The van der Waals surface area contributed by atoms with Gasteiger partial charge in [0.1, 0.15) is 17.7 Å². The average Bonchev–Trinajstić information content (AvgIpc) is 3.31. The van der Waals surface area contributed by atoms with E-state index < -0.39 is 41.9 Å². The average molecular weight is 546 g/mol. The summed E-state index contributed by atoms with van der Waals surface area (Å²) in [5.74, 6) is -2.27. The van der Waals surface area contributed by atoms with E-state index in [-0.39, 0.29) is 29.9 Å². The number of aliphatic carboxylic acids is 1. The number of carboxylic acids is 1. The number of aliphatic hydroxyl groups is 1. The first-order valence-electron chi connectivity index (χ1n) is 13.0.